The van der Waals surface area contributed by atoms with Gasteiger partial charge in [-0.2, -0.15) is 0 Å². The molecule has 0 aliphatic heterocycles. The molecule has 0 aliphatic carbocycles. The summed E-state index contributed by atoms with van der Waals surface area (Å²) >= 11 is 0. The number of benzene rings is 1. The number of rotatable bonds is 9. The predicted molar refractivity (Wildman–Crippen MR) is 81.9 cm³/mol. The third kappa shape index (κ3) is 7.85. The van der Waals surface area contributed by atoms with Gasteiger partial charge in [0.05, 0.1) is 6.10 Å². The molecule has 0 spiro atoms. The first kappa shape index (κ1) is 16.0. The molecule has 0 radical (unpaired) electrons. The maximum absolute atomic E-state index is 5.63. The Labute approximate surface area is 117 Å². The Kier molecular flexibility index (Phi) is 7.53. The summed E-state index contributed by atoms with van der Waals surface area (Å²) < 4.78 is 5.63. The maximum Gasteiger partial charge on any atom is 0.119 e. The highest BCUT2D eigenvalue weighted by Crippen LogP contribution is 2.13. The van der Waals surface area contributed by atoms with E-state index in [-0.39, 0.29) is 6.10 Å². The van der Waals surface area contributed by atoms with Crippen LogP contribution in [0.3, 0.4) is 0 Å². The van der Waals surface area contributed by atoms with E-state index >= 15 is 0 Å². The molecule has 0 aromatic heterocycles. The van der Waals surface area contributed by atoms with Crippen molar-refractivity contribution in [2.24, 2.45) is 0 Å². The first-order valence-electron chi connectivity index (χ1n) is 7.27. The molecule has 1 rings (SSSR count). The Bertz CT molecular complexity index is 333. The molecule has 2 N–H and O–H groups in total. The third-order valence-corrected chi connectivity index (χ3v) is 2.74. The van der Waals surface area contributed by atoms with Gasteiger partial charge in [0.25, 0.3) is 0 Å². The van der Waals surface area contributed by atoms with E-state index in [2.05, 4.69) is 48.7 Å². The Morgan fingerprint density at radius 2 is 1.63 bits per heavy atom. The molecule has 3 nitrogen and oxygen atoms in total. The molecule has 0 amide bonds. The van der Waals surface area contributed by atoms with Crippen LogP contribution in [0.25, 0.3) is 0 Å². The fourth-order valence-corrected chi connectivity index (χ4v) is 1.81. The molecule has 0 heterocycles. The summed E-state index contributed by atoms with van der Waals surface area (Å²) in [5, 5.41) is 6.83. The van der Waals surface area contributed by atoms with Gasteiger partial charge in [0.1, 0.15) is 5.75 Å². The molecule has 0 unspecified atom stereocenters. The van der Waals surface area contributed by atoms with E-state index in [0.717, 1.165) is 31.8 Å². The van der Waals surface area contributed by atoms with Crippen LogP contribution in [0.4, 0.5) is 0 Å². The minimum Gasteiger partial charge on any atom is -0.491 e. The van der Waals surface area contributed by atoms with Gasteiger partial charge in [0.15, 0.2) is 0 Å². The van der Waals surface area contributed by atoms with Gasteiger partial charge in [-0.1, -0.05) is 26.0 Å². The van der Waals surface area contributed by atoms with Crippen molar-refractivity contribution in [1.29, 1.82) is 0 Å². The van der Waals surface area contributed by atoms with Gasteiger partial charge in [0, 0.05) is 19.1 Å². The van der Waals surface area contributed by atoms with Crippen LogP contribution in [0.1, 0.15) is 33.3 Å². The Morgan fingerprint density at radius 3 is 2.21 bits per heavy atom. The molecule has 1 aromatic rings. The lowest BCUT2D eigenvalue weighted by Gasteiger charge is -2.11. The van der Waals surface area contributed by atoms with Crippen molar-refractivity contribution in [3.8, 4) is 5.75 Å². The van der Waals surface area contributed by atoms with Gasteiger partial charge in [-0.15, -0.1) is 0 Å². The highest BCUT2D eigenvalue weighted by atomic mass is 16.5. The predicted octanol–water partition coefficient (Wildman–Crippen LogP) is 2.60. The molecule has 1 aromatic carbocycles. The second kappa shape index (κ2) is 8.94. The molecule has 3 heteroatoms. The smallest absolute Gasteiger partial charge is 0.119 e. The van der Waals surface area contributed by atoms with E-state index < -0.39 is 0 Å². The second-order valence-corrected chi connectivity index (χ2v) is 5.42. The van der Waals surface area contributed by atoms with E-state index in [0.29, 0.717) is 6.04 Å². The Balaban J connectivity index is 2.16. The summed E-state index contributed by atoms with van der Waals surface area (Å²) in [4.78, 5) is 0. The minimum atomic E-state index is 0.237. The van der Waals surface area contributed by atoms with Crippen molar-refractivity contribution in [3.05, 3.63) is 29.8 Å². The third-order valence-electron chi connectivity index (χ3n) is 2.74. The lowest BCUT2D eigenvalue weighted by Crippen LogP contribution is -2.32. The summed E-state index contributed by atoms with van der Waals surface area (Å²) in [5.41, 5.74) is 1.35. The van der Waals surface area contributed by atoms with Crippen molar-refractivity contribution >= 4 is 0 Å². The Morgan fingerprint density at radius 1 is 0.947 bits per heavy atom. The number of ether oxygens (including phenoxy) is 1. The quantitative estimate of drug-likeness (QED) is 0.673. The molecule has 0 saturated heterocycles. The first-order chi connectivity index (χ1) is 9.08. The van der Waals surface area contributed by atoms with Gasteiger partial charge in [-0.05, 0) is 44.5 Å². The molecule has 108 valence electrons. The van der Waals surface area contributed by atoms with Crippen LogP contribution in [0, 0.1) is 0 Å². The van der Waals surface area contributed by atoms with Crippen LogP contribution >= 0.6 is 0 Å². The molecular weight excluding hydrogens is 236 g/mol. The highest BCUT2D eigenvalue weighted by molar-refractivity contribution is 5.27. The molecule has 19 heavy (non-hydrogen) atoms. The highest BCUT2D eigenvalue weighted by Gasteiger charge is 1.98. The fourth-order valence-electron chi connectivity index (χ4n) is 1.81. The van der Waals surface area contributed by atoms with Crippen LogP contribution in [0.15, 0.2) is 24.3 Å². The monoisotopic (exact) mass is 264 g/mol. The van der Waals surface area contributed by atoms with Gasteiger partial charge in [-0.25, -0.2) is 0 Å². The average molecular weight is 264 g/mol. The van der Waals surface area contributed by atoms with Crippen molar-refractivity contribution in [3.63, 3.8) is 0 Å². The van der Waals surface area contributed by atoms with E-state index in [4.69, 9.17) is 4.74 Å². The summed E-state index contributed by atoms with van der Waals surface area (Å²) in [5.74, 6) is 0.952. The van der Waals surface area contributed by atoms with Gasteiger partial charge >= 0.3 is 0 Å². The van der Waals surface area contributed by atoms with Crippen molar-refractivity contribution in [2.75, 3.05) is 19.6 Å². The normalized spacial score (nSPS) is 11.3. The lowest BCUT2D eigenvalue weighted by atomic mass is 10.1. The van der Waals surface area contributed by atoms with Gasteiger partial charge in [-0.3, -0.25) is 0 Å². The lowest BCUT2D eigenvalue weighted by molar-refractivity contribution is 0.242. The summed E-state index contributed by atoms with van der Waals surface area (Å²) in [6, 6.07) is 8.96. The summed E-state index contributed by atoms with van der Waals surface area (Å²) in [6.07, 6.45) is 1.30. The summed E-state index contributed by atoms with van der Waals surface area (Å²) in [7, 11) is 0. The molecule has 0 fully saturated rings. The zero-order valence-electron chi connectivity index (χ0n) is 12.7. The van der Waals surface area contributed by atoms with Crippen molar-refractivity contribution in [1.82, 2.24) is 10.6 Å². The number of nitrogens with one attached hydrogen (secondary N) is 2. The summed E-state index contributed by atoms with van der Waals surface area (Å²) in [6.45, 7) is 11.5. The zero-order chi connectivity index (χ0) is 14.1. The van der Waals surface area contributed by atoms with Crippen LogP contribution in [-0.4, -0.2) is 31.8 Å². The standard InChI is InChI=1S/C16H28N2O/c1-13(2)18-12-11-17-10-9-15-5-7-16(8-6-15)19-14(3)4/h5-8,13-14,17-18H,9-12H2,1-4H3. The SMILES string of the molecule is CC(C)NCCNCCc1ccc(OC(C)C)cc1. The second-order valence-electron chi connectivity index (χ2n) is 5.42. The maximum atomic E-state index is 5.63. The number of hydrogen-bond acceptors (Lipinski definition) is 3. The molecule has 0 atom stereocenters. The fraction of sp³-hybridized carbons (Fsp3) is 0.625. The molecule has 0 saturated carbocycles. The van der Waals surface area contributed by atoms with Crippen LogP contribution in [-0.2, 0) is 6.42 Å². The molecule has 0 bridgehead atoms. The van der Waals surface area contributed by atoms with Gasteiger partial charge < -0.3 is 15.4 Å². The van der Waals surface area contributed by atoms with Crippen LogP contribution < -0.4 is 15.4 Å². The zero-order valence-corrected chi connectivity index (χ0v) is 12.7. The average Bonchev–Trinajstić information content (AvgIpc) is 2.34. The topological polar surface area (TPSA) is 33.3 Å². The van der Waals surface area contributed by atoms with Gasteiger partial charge in [0.2, 0.25) is 0 Å². The minimum absolute atomic E-state index is 0.237. The largest absolute Gasteiger partial charge is 0.491 e. The molecule has 0 aliphatic rings. The Hall–Kier alpha value is -1.06. The van der Waals surface area contributed by atoms with Crippen LogP contribution in [0.2, 0.25) is 0 Å². The van der Waals surface area contributed by atoms with Crippen molar-refractivity contribution in [2.45, 2.75) is 46.3 Å². The van der Waals surface area contributed by atoms with E-state index in [1.54, 1.807) is 0 Å². The van der Waals surface area contributed by atoms with Crippen molar-refractivity contribution < 1.29 is 4.74 Å². The number of hydrogen-bond donors (Lipinski definition) is 2. The van der Waals surface area contributed by atoms with E-state index in [9.17, 15) is 0 Å². The van der Waals surface area contributed by atoms with Crippen LogP contribution in [0.5, 0.6) is 5.75 Å². The molecular formula is C16H28N2O. The first-order valence-corrected chi connectivity index (χ1v) is 7.27. The van der Waals surface area contributed by atoms with E-state index in [1.807, 2.05) is 13.8 Å². The van der Waals surface area contributed by atoms with E-state index in [1.165, 1.54) is 5.56 Å².